The zero-order chi connectivity index (χ0) is 51.2. The molecular formula is C57H56N2O13. The van der Waals surface area contributed by atoms with Crippen LogP contribution >= 0.6 is 0 Å². The van der Waals surface area contributed by atoms with Crippen LogP contribution in [0.2, 0.25) is 0 Å². The molecular weight excluding hydrogens is 921 g/mol. The Labute approximate surface area is 417 Å². The summed E-state index contributed by atoms with van der Waals surface area (Å²) in [4.78, 5) is 82.1. The molecule has 372 valence electrons. The van der Waals surface area contributed by atoms with Crippen LogP contribution in [0.5, 0.6) is 5.75 Å². The van der Waals surface area contributed by atoms with Crippen LogP contribution < -0.4 is 15.4 Å². The molecule has 0 radical (unpaired) electrons. The Morgan fingerprint density at radius 1 is 0.583 bits per heavy atom. The van der Waals surface area contributed by atoms with E-state index in [1.165, 1.54) is 49.4 Å². The smallest absolute Gasteiger partial charge is 0.408 e. The highest BCUT2D eigenvalue weighted by atomic mass is 16.7. The molecule has 1 aliphatic heterocycles. The van der Waals surface area contributed by atoms with E-state index < -0.39 is 84.8 Å². The summed E-state index contributed by atoms with van der Waals surface area (Å²) >= 11 is 0. The van der Waals surface area contributed by atoms with E-state index in [-0.39, 0.29) is 33.7 Å². The second kappa shape index (κ2) is 24.0. The van der Waals surface area contributed by atoms with Crippen LogP contribution in [0.4, 0.5) is 10.5 Å². The molecule has 2 N–H and O–H groups in total. The van der Waals surface area contributed by atoms with Crippen molar-refractivity contribution in [2.24, 2.45) is 0 Å². The van der Waals surface area contributed by atoms with Crippen molar-refractivity contribution in [3.05, 3.63) is 203 Å². The van der Waals surface area contributed by atoms with Crippen LogP contribution in [0, 0.1) is 0 Å². The number of ether oxygens (including phenoxy) is 7. The molecule has 7 rings (SSSR count). The lowest BCUT2D eigenvalue weighted by Gasteiger charge is -2.45. The van der Waals surface area contributed by atoms with E-state index in [1.807, 2.05) is 24.3 Å². The lowest BCUT2D eigenvalue weighted by molar-refractivity contribution is -0.284. The number of anilines is 1. The normalized spacial score (nSPS) is 17.8. The third-order valence-corrected chi connectivity index (χ3v) is 11.3. The van der Waals surface area contributed by atoms with Crippen molar-refractivity contribution in [2.45, 2.75) is 89.9 Å². The quantitative estimate of drug-likeness (QED) is 0.0650. The van der Waals surface area contributed by atoms with Crippen LogP contribution in [-0.2, 0) is 46.1 Å². The molecule has 15 heteroatoms. The van der Waals surface area contributed by atoms with Crippen LogP contribution in [-0.4, -0.2) is 84.8 Å². The molecule has 6 aromatic carbocycles. The van der Waals surface area contributed by atoms with Gasteiger partial charge in [-0.1, -0.05) is 110 Å². The summed E-state index contributed by atoms with van der Waals surface area (Å²) in [6.45, 7) is 8.23. The Kier molecular flexibility index (Phi) is 17.2. The lowest BCUT2D eigenvalue weighted by Crippen LogP contribution is -2.65. The van der Waals surface area contributed by atoms with Gasteiger partial charge in [0, 0.05) is 18.2 Å². The molecule has 1 aliphatic rings. The van der Waals surface area contributed by atoms with Crippen molar-refractivity contribution in [2.75, 3.05) is 11.9 Å². The number of esters is 4. The van der Waals surface area contributed by atoms with Gasteiger partial charge in [0.05, 0.1) is 22.3 Å². The molecule has 2 amide bonds. The predicted octanol–water partition coefficient (Wildman–Crippen LogP) is 9.33. The van der Waals surface area contributed by atoms with Gasteiger partial charge in [-0.2, -0.15) is 0 Å². The summed E-state index contributed by atoms with van der Waals surface area (Å²) in [5.74, 6) is -3.82. The molecule has 0 spiro atoms. The minimum Gasteiger partial charge on any atom is -0.460 e. The highest BCUT2D eigenvalue weighted by Gasteiger charge is 2.56. The fourth-order valence-electron chi connectivity index (χ4n) is 7.68. The van der Waals surface area contributed by atoms with Gasteiger partial charge in [0.1, 0.15) is 30.1 Å². The predicted molar refractivity (Wildman–Crippen MR) is 265 cm³/mol. The standard InChI is InChI=1S/C57H56N2O13/c1-6-37-27-29-38(30-28-37)33-43-31-32-44(59-46(60)35-58-56(65)72-57(3,4)5)34-45(43)67-55-50(70-54(64)42-25-17-10-18-26-42)49(69-53(63)41-23-15-9-16-24-41)48(68-52(62)40-21-13-8-14-22-40)47(71-55)36(2)66-51(61)39-19-11-7-12-20-39/h7-32,34,36,47-50,55H,6,33,35H2,1-5H3,(H,58,65)(H,59,60)/t36-,47-,48-,49+,50-,55-/m1/s1. The summed E-state index contributed by atoms with van der Waals surface area (Å²) in [7, 11) is 0. The van der Waals surface area contributed by atoms with Gasteiger partial charge in [-0.05, 0) is 105 Å². The molecule has 0 bridgehead atoms. The Balaban J connectivity index is 1.34. The van der Waals surface area contributed by atoms with Gasteiger partial charge in [-0.3, -0.25) is 4.79 Å². The van der Waals surface area contributed by atoms with E-state index in [1.54, 1.807) is 118 Å². The van der Waals surface area contributed by atoms with E-state index in [9.17, 15) is 28.8 Å². The minimum atomic E-state index is -1.71. The first kappa shape index (κ1) is 51.5. The molecule has 1 fully saturated rings. The number of aryl methyl sites for hydroxylation is 1. The number of hydrogen-bond acceptors (Lipinski definition) is 13. The fourth-order valence-corrected chi connectivity index (χ4v) is 7.68. The topological polar surface area (TPSA) is 191 Å². The van der Waals surface area contributed by atoms with Gasteiger partial charge in [0.15, 0.2) is 12.2 Å². The number of benzene rings is 6. The number of nitrogens with one attached hydrogen (secondary N) is 2. The van der Waals surface area contributed by atoms with Gasteiger partial charge in [-0.15, -0.1) is 0 Å². The number of carbonyl (C=O) groups is 6. The fraction of sp³-hybridized carbons (Fsp3) is 0.263. The van der Waals surface area contributed by atoms with E-state index >= 15 is 0 Å². The van der Waals surface area contributed by atoms with Crippen LogP contribution in [0.1, 0.15) is 92.7 Å². The van der Waals surface area contributed by atoms with Crippen molar-refractivity contribution in [1.29, 1.82) is 0 Å². The number of amides is 2. The number of hydrogen-bond donors (Lipinski definition) is 2. The first-order valence-electron chi connectivity index (χ1n) is 23.5. The maximum absolute atomic E-state index is 14.3. The molecule has 6 atom stereocenters. The molecule has 0 aliphatic carbocycles. The van der Waals surface area contributed by atoms with Crippen LogP contribution in [0.15, 0.2) is 164 Å². The van der Waals surface area contributed by atoms with Crippen molar-refractivity contribution >= 4 is 41.6 Å². The van der Waals surface area contributed by atoms with Crippen molar-refractivity contribution in [1.82, 2.24) is 5.32 Å². The zero-order valence-electron chi connectivity index (χ0n) is 40.5. The second-order valence-corrected chi connectivity index (χ2v) is 17.8. The SMILES string of the molecule is CCc1ccc(Cc2ccc(NC(=O)CNC(=O)OC(C)(C)C)cc2O[C@@H]2O[C@H]([C@@H](C)OC(=O)c3ccccc3)[C@@H](OC(=O)c3ccccc3)[C@H](OC(=O)c3ccccc3)[C@H]2OC(=O)c2ccccc2)cc1. The summed E-state index contributed by atoms with van der Waals surface area (Å²) in [5.41, 5.74) is 2.62. The third-order valence-electron chi connectivity index (χ3n) is 11.3. The van der Waals surface area contributed by atoms with E-state index in [0.29, 0.717) is 12.0 Å². The largest absolute Gasteiger partial charge is 0.460 e. The Morgan fingerprint density at radius 3 is 1.56 bits per heavy atom. The Bertz CT molecular complexity index is 2800. The third kappa shape index (κ3) is 14.2. The molecule has 15 nitrogen and oxygen atoms in total. The highest BCUT2D eigenvalue weighted by molar-refractivity contribution is 5.94. The van der Waals surface area contributed by atoms with Gasteiger partial charge in [0.25, 0.3) is 0 Å². The average Bonchev–Trinajstić information content (AvgIpc) is 3.38. The summed E-state index contributed by atoms with van der Waals surface area (Å²) < 4.78 is 43.8. The van der Waals surface area contributed by atoms with Gasteiger partial charge >= 0.3 is 30.0 Å². The zero-order valence-corrected chi connectivity index (χ0v) is 40.5. The molecule has 6 aromatic rings. The van der Waals surface area contributed by atoms with Gasteiger partial charge in [0.2, 0.25) is 18.3 Å². The molecule has 0 aromatic heterocycles. The van der Waals surface area contributed by atoms with Gasteiger partial charge in [-0.25, -0.2) is 24.0 Å². The number of rotatable bonds is 17. The maximum atomic E-state index is 14.3. The Morgan fingerprint density at radius 2 is 1.06 bits per heavy atom. The number of alkyl carbamates (subject to hydrolysis) is 1. The second-order valence-electron chi connectivity index (χ2n) is 17.8. The van der Waals surface area contributed by atoms with Crippen LogP contribution in [0.3, 0.4) is 0 Å². The average molecular weight is 977 g/mol. The van der Waals surface area contributed by atoms with Crippen molar-refractivity contribution < 1.29 is 61.9 Å². The van der Waals surface area contributed by atoms with Crippen LogP contribution in [0.25, 0.3) is 0 Å². The van der Waals surface area contributed by atoms with Gasteiger partial charge < -0.3 is 43.8 Å². The van der Waals surface area contributed by atoms with Crippen molar-refractivity contribution in [3.8, 4) is 5.75 Å². The first-order valence-corrected chi connectivity index (χ1v) is 23.5. The number of carbonyl (C=O) groups excluding carboxylic acids is 6. The summed E-state index contributed by atoms with van der Waals surface area (Å²) in [5, 5.41) is 5.21. The maximum Gasteiger partial charge on any atom is 0.408 e. The van der Waals surface area contributed by atoms with E-state index in [4.69, 9.17) is 33.2 Å². The Hall–Kier alpha value is -8.30. The molecule has 1 saturated heterocycles. The highest BCUT2D eigenvalue weighted by Crippen LogP contribution is 2.36. The minimum absolute atomic E-state index is 0.115. The first-order chi connectivity index (χ1) is 34.6. The monoisotopic (exact) mass is 976 g/mol. The summed E-state index contributed by atoms with van der Waals surface area (Å²) in [6, 6.07) is 45.2. The van der Waals surface area contributed by atoms with Crippen molar-refractivity contribution in [3.63, 3.8) is 0 Å². The van der Waals surface area contributed by atoms with E-state index in [0.717, 1.165) is 17.5 Å². The molecule has 0 saturated carbocycles. The lowest BCUT2D eigenvalue weighted by atomic mass is 9.94. The molecule has 1 heterocycles. The summed E-state index contributed by atoms with van der Waals surface area (Å²) in [6.07, 6.45) is -9.14. The molecule has 0 unspecified atom stereocenters. The van der Waals surface area contributed by atoms with E-state index in [2.05, 4.69) is 17.6 Å². The molecule has 72 heavy (non-hydrogen) atoms.